The Balaban J connectivity index is 2.24. The summed E-state index contributed by atoms with van der Waals surface area (Å²) in [6.45, 7) is 1.94. The summed E-state index contributed by atoms with van der Waals surface area (Å²) in [6, 6.07) is 1.30. The number of hydrogen-bond donors (Lipinski definition) is 0. The lowest BCUT2D eigenvalue weighted by Gasteiger charge is -2.19. The molecule has 2 heterocycles. The van der Waals surface area contributed by atoms with Crippen molar-refractivity contribution < 1.29 is 9.53 Å². The van der Waals surface area contributed by atoms with Crippen molar-refractivity contribution in [2.75, 3.05) is 20.6 Å². The van der Waals surface area contributed by atoms with Crippen LogP contribution in [0.3, 0.4) is 0 Å². The zero-order chi connectivity index (χ0) is 15.6. The molecule has 7 nitrogen and oxygen atoms in total. The molecule has 0 aliphatic carbocycles. The van der Waals surface area contributed by atoms with Crippen LogP contribution < -0.4 is 11.2 Å². The van der Waals surface area contributed by atoms with Gasteiger partial charge in [-0.1, -0.05) is 0 Å². The fraction of sp³-hybridized carbons (Fsp3) is 0.643. The molecule has 0 bridgehead atoms. The molecule has 21 heavy (non-hydrogen) atoms. The molecule has 0 saturated carbocycles. The number of nitrogens with zero attached hydrogens (tertiary/aromatic N) is 3. The summed E-state index contributed by atoms with van der Waals surface area (Å²) in [5, 5.41) is 0. The van der Waals surface area contributed by atoms with Crippen LogP contribution in [0, 0.1) is 0 Å². The molecule has 7 heteroatoms. The van der Waals surface area contributed by atoms with Crippen LogP contribution in [0.4, 0.5) is 0 Å². The highest BCUT2D eigenvalue weighted by molar-refractivity contribution is 5.75. The summed E-state index contributed by atoms with van der Waals surface area (Å²) < 4.78 is 8.21. The third-order valence-electron chi connectivity index (χ3n) is 3.44. The molecule has 116 valence electrons. The number of likely N-dealkylation sites (N-methyl/N-ethyl adjacent to an activating group) is 1. The van der Waals surface area contributed by atoms with Crippen LogP contribution in [-0.2, 0) is 16.1 Å². The minimum atomic E-state index is -0.492. The summed E-state index contributed by atoms with van der Waals surface area (Å²) in [5.74, 6) is -0.232. The fourth-order valence-corrected chi connectivity index (χ4v) is 2.55. The maximum atomic E-state index is 12.3. The normalized spacial score (nSPS) is 21.9. The summed E-state index contributed by atoms with van der Waals surface area (Å²) in [4.78, 5) is 37.2. The highest BCUT2D eigenvalue weighted by Gasteiger charge is 2.28. The second-order valence-electron chi connectivity index (χ2n) is 5.68. The standard InChI is InChI=1S/C14H21N3O4/c1-10(18)8-17-12(19)6-7-16(14(17)20)13-5-4-11(21-13)9-15(2)3/h6-7,11,13H,4-5,8-9H2,1-3H3. The molecule has 0 radical (unpaired) electrons. The molecule has 1 aromatic rings. The molecule has 1 aliphatic heterocycles. The molecule has 0 aromatic carbocycles. The van der Waals surface area contributed by atoms with Crippen molar-refractivity contribution in [2.24, 2.45) is 0 Å². The van der Waals surface area contributed by atoms with Gasteiger partial charge < -0.3 is 9.64 Å². The Morgan fingerprint density at radius 2 is 2.10 bits per heavy atom. The molecular formula is C14H21N3O4. The van der Waals surface area contributed by atoms with Crippen LogP contribution in [0.25, 0.3) is 0 Å². The van der Waals surface area contributed by atoms with Crippen molar-refractivity contribution >= 4 is 5.78 Å². The molecule has 2 atom stereocenters. The molecule has 2 unspecified atom stereocenters. The van der Waals surface area contributed by atoms with Crippen molar-refractivity contribution in [1.29, 1.82) is 0 Å². The maximum absolute atomic E-state index is 12.3. The van der Waals surface area contributed by atoms with Gasteiger partial charge in [-0.25, -0.2) is 4.79 Å². The van der Waals surface area contributed by atoms with Crippen LogP contribution >= 0.6 is 0 Å². The highest BCUT2D eigenvalue weighted by atomic mass is 16.5. The van der Waals surface area contributed by atoms with E-state index < -0.39 is 11.2 Å². The van der Waals surface area contributed by atoms with Gasteiger partial charge in [0.2, 0.25) is 0 Å². The second kappa shape index (κ2) is 6.36. The molecular weight excluding hydrogens is 274 g/mol. The summed E-state index contributed by atoms with van der Waals surface area (Å²) in [5.41, 5.74) is -0.956. The Morgan fingerprint density at radius 1 is 1.38 bits per heavy atom. The Kier molecular flexibility index (Phi) is 4.74. The second-order valence-corrected chi connectivity index (χ2v) is 5.68. The maximum Gasteiger partial charge on any atom is 0.333 e. The van der Waals surface area contributed by atoms with E-state index in [0.29, 0.717) is 0 Å². The monoisotopic (exact) mass is 295 g/mol. The van der Waals surface area contributed by atoms with Gasteiger partial charge in [-0.3, -0.25) is 18.7 Å². The van der Waals surface area contributed by atoms with Crippen LogP contribution in [0.1, 0.15) is 26.0 Å². The first kappa shape index (κ1) is 15.7. The van der Waals surface area contributed by atoms with Crippen molar-refractivity contribution in [3.8, 4) is 0 Å². The Labute approximate surface area is 122 Å². The Hall–Kier alpha value is -1.73. The van der Waals surface area contributed by atoms with Crippen LogP contribution in [0.15, 0.2) is 21.9 Å². The van der Waals surface area contributed by atoms with E-state index in [4.69, 9.17) is 4.74 Å². The summed E-state index contributed by atoms with van der Waals surface area (Å²) >= 11 is 0. The minimum Gasteiger partial charge on any atom is -0.353 e. The Bertz CT molecular complexity index is 632. The first-order chi connectivity index (χ1) is 9.88. The van der Waals surface area contributed by atoms with Gasteiger partial charge in [0.15, 0.2) is 0 Å². The summed E-state index contributed by atoms with van der Waals surface area (Å²) in [7, 11) is 3.94. The lowest BCUT2D eigenvalue weighted by Crippen LogP contribution is -2.41. The SMILES string of the molecule is CC(=O)Cn1c(=O)ccn(C2CCC(CN(C)C)O2)c1=O. The highest BCUT2D eigenvalue weighted by Crippen LogP contribution is 2.26. The van der Waals surface area contributed by atoms with Gasteiger partial charge in [0.25, 0.3) is 5.56 Å². The first-order valence-electron chi connectivity index (χ1n) is 7.00. The molecule has 1 saturated heterocycles. The van der Waals surface area contributed by atoms with E-state index in [1.54, 1.807) is 0 Å². The van der Waals surface area contributed by atoms with Gasteiger partial charge in [0.05, 0.1) is 12.6 Å². The van der Waals surface area contributed by atoms with Gasteiger partial charge in [-0.05, 0) is 33.9 Å². The van der Waals surface area contributed by atoms with E-state index in [2.05, 4.69) is 0 Å². The van der Waals surface area contributed by atoms with E-state index in [1.165, 1.54) is 23.8 Å². The zero-order valence-corrected chi connectivity index (χ0v) is 12.6. The zero-order valence-electron chi connectivity index (χ0n) is 12.6. The number of rotatable bonds is 5. The summed E-state index contributed by atoms with van der Waals surface area (Å²) in [6.07, 6.45) is 2.73. The Morgan fingerprint density at radius 3 is 2.71 bits per heavy atom. The number of Topliss-reactive ketones (excluding diaryl/α,β-unsaturated/α-hetero) is 1. The van der Waals surface area contributed by atoms with Gasteiger partial charge in [0, 0.05) is 18.8 Å². The lowest BCUT2D eigenvalue weighted by atomic mass is 10.2. The molecule has 2 rings (SSSR count). The number of hydrogen-bond acceptors (Lipinski definition) is 5. The van der Waals surface area contributed by atoms with Crippen molar-refractivity contribution in [1.82, 2.24) is 14.0 Å². The van der Waals surface area contributed by atoms with E-state index >= 15 is 0 Å². The number of ketones is 1. The number of ether oxygens (including phenoxy) is 1. The number of carbonyl (C=O) groups excluding carboxylic acids is 1. The number of carbonyl (C=O) groups is 1. The predicted octanol–water partition coefficient (Wildman–Crippen LogP) is -0.162. The average molecular weight is 295 g/mol. The molecule has 1 aromatic heterocycles. The molecule has 0 amide bonds. The molecule has 1 fully saturated rings. The van der Waals surface area contributed by atoms with E-state index in [-0.39, 0.29) is 24.7 Å². The smallest absolute Gasteiger partial charge is 0.333 e. The van der Waals surface area contributed by atoms with Gasteiger partial charge in [-0.2, -0.15) is 0 Å². The topological polar surface area (TPSA) is 73.5 Å². The molecule has 1 aliphatic rings. The predicted molar refractivity (Wildman–Crippen MR) is 77.3 cm³/mol. The first-order valence-corrected chi connectivity index (χ1v) is 7.00. The lowest BCUT2D eigenvalue weighted by molar-refractivity contribution is -0.117. The fourth-order valence-electron chi connectivity index (χ4n) is 2.55. The van der Waals surface area contributed by atoms with Crippen molar-refractivity contribution in [3.63, 3.8) is 0 Å². The van der Waals surface area contributed by atoms with Crippen molar-refractivity contribution in [2.45, 2.75) is 38.6 Å². The van der Waals surface area contributed by atoms with E-state index in [9.17, 15) is 14.4 Å². The van der Waals surface area contributed by atoms with Gasteiger partial charge >= 0.3 is 5.69 Å². The van der Waals surface area contributed by atoms with E-state index in [1.807, 2.05) is 19.0 Å². The quantitative estimate of drug-likeness (QED) is 0.754. The van der Waals surface area contributed by atoms with Crippen molar-refractivity contribution in [3.05, 3.63) is 33.1 Å². The van der Waals surface area contributed by atoms with Crippen LogP contribution in [-0.4, -0.2) is 46.6 Å². The van der Waals surface area contributed by atoms with Crippen LogP contribution in [0.5, 0.6) is 0 Å². The third-order valence-corrected chi connectivity index (χ3v) is 3.44. The number of aromatic nitrogens is 2. The third kappa shape index (κ3) is 3.68. The average Bonchev–Trinajstić information content (AvgIpc) is 2.81. The largest absolute Gasteiger partial charge is 0.353 e. The van der Waals surface area contributed by atoms with E-state index in [0.717, 1.165) is 24.0 Å². The van der Waals surface area contributed by atoms with Gasteiger partial charge in [0.1, 0.15) is 12.0 Å². The molecule has 0 spiro atoms. The van der Waals surface area contributed by atoms with Crippen LogP contribution in [0.2, 0.25) is 0 Å². The minimum absolute atomic E-state index is 0.0742. The molecule has 0 N–H and O–H groups in total. The van der Waals surface area contributed by atoms with Gasteiger partial charge in [-0.15, -0.1) is 0 Å².